The lowest BCUT2D eigenvalue weighted by molar-refractivity contribution is 1.09. The number of hydrogen-bond donors (Lipinski definition) is 2. The molecule has 0 aliphatic heterocycles. The molecule has 0 spiro atoms. The van der Waals surface area contributed by atoms with Gasteiger partial charge in [-0.1, -0.05) is 23.7 Å². The minimum Gasteiger partial charge on any atom is -0.371 e. The number of hydrogen-bond acceptors (Lipinski definition) is 2. The molecule has 2 rings (SSSR count). The number of aromatic nitrogens is 2. The van der Waals surface area contributed by atoms with E-state index in [0.717, 1.165) is 27.7 Å². The van der Waals surface area contributed by atoms with E-state index in [1.54, 1.807) is 0 Å². The van der Waals surface area contributed by atoms with Crippen LogP contribution in [0, 0.1) is 6.92 Å². The second kappa shape index (κ2) is 3.95. The van der Waals surface area contributed by atoms with Gasteiger partial charge in [0, 0.05) is 17.6 Å². The maximum atomic E-state index is 5.83. The number of nitrogens with one attached hydrogen (secondary N) is 2. The lowest BCUT2D eigenvalue weighted by Gasteiger charge is -2.00. The summed E-state index contributed by atoms with van der Waals surface area (Å²) >= 11 is 5.83. The Bertz CT molecular complexity index is 459. The zero-order chi connectivity index (χ0) is 10.8. The Morgan fingerprint density at radius 2 is 1.93 bits per heavy atom. The topological polar surface area (TPSA) is 40.7 Å². The van der Waals surface area contributed by atoms with Gasteiger partial charge in [-0.3, -0.25) is 5.10 Å². The van der Waals surface area contributed by atoms with E-state index in [1.165, 1.54) is 0 Å². The van der Waals surface area contributed by atoms with Gasteiger partial charge >= 0.3 is 0 Å². The Labute approximate surface area is 93.5 Å². The summed E-state index contributed by atoms with van der Waals surface area (Å²) in [5.41, 5.74) is 3.22. The molecule has 1 heterocycles. The molecule has 0 unspecified atom stereocenters. The van der Waals surface area contributed by atoms with Gasteiger partial charge in [-0.15, -0.1) is 0 Å². The molecular weight excluding hydrogens is 210 g/mol. The van der Waals surface area contributed by atoms with Gasteiger partial charge in [0.15, 0.2) is 5.82 Å². The van der Waals surface area contributed by atoms with Crippen molar-refractivity contribution in [3.63, 3.8) is 0 Å². The molecule has 0 aliphatic carbocycles. The van der Waals surface area contributed by atoms with Crippen molar-refractivity contribution in [3.8, 4) is 11.3 Å². The van der Waals surface area contributed by atoms with Gasteiger partial charge in [0.25, 0.3) is 0 Å². The lowest BCUT2D eigenvalue weighted by atomic mass is 10.1. The molecule has 0 aliphatic rings. The molecule has 0 saturated carbocycles. The smallest absolute Gasteiger partial charge is 0.151 e. The monoisotopic (exact) mass is 221 g/mol. The molecule has 0 bridgehead atoms. The summed E-state index contributed by atoms with van der Waals surface area (Å²) in [5.74, 6) is 0.875. The maximum absolute atomic E-state index is 5.83. The Morgan fingerprint density at radius 3 is 2.47 bits per heavy atom. The first kappa shape index (κ1) is 10.1. The molecule has 0 amide bonds. The molecule has 0 atom stereocenters. The van der Waals surface area contributed by atoms with Crippen LogP contribution in [0.25, 0.3) is 11.3 Å². The molecule has 0 radical (unpaired) electrons. The molecule has 1 aromatic heterocycles. The minimum absolute atomic E-state index is 0.741. The zero-order valence-electron chi connectivity index (χ0n) is 8.63. The molecule has 0 fully saturated rings. The maximum Gasteiger partial charge on any atom is 0.151 e. The Morgan fingerprint density at radius 1 is 1.27 bits per heavy atom. The van der Waals surface area contributed by atoms with Crippen LogP contribution in [0.4, 0.5) is 5.82 Å². The SMILES string of the molecule is CNc1n[nH]c(-c2ccc(Cl)cc2)c1C. The van der Waals surface area contributed by atoms with Crippen molar-refractivity contribution < 1.29 is 0 Å². The van der Waals surface area contributed by atoms with Gasteiger partial charge in [-0.05, 0) is 24.6 Å². The Kier molecular flexibility index (Phi) is 2.64. The number of aromatic amines is 1. The van der Waals surface area contributed by atoms with Crippen molar-refractivity contribution >= 4 is 17.4 Å². The number of benzene rings is 1. The van der Waals surface area contributed by atoms with Crippen LogP contribution < -0.4 is 5.32 Å². The van der Waals surface area contributed by atoms with Gasteiger partial charge in [0.05, 0.1) is 5.69 Å². The van der Waals surface area contributed by atoms with Gasteiger partial charge in [-0.2, -0.15) is 5.10 Å². The minimum atomic E-state index is 0.741. The summed E-state index contributed by atoms with van der Waals surface area (Å²) in [6, 6.07) is 7.69. The predicted octanol–water partition coefficient (Wildman–Crippen LogP) is 3.08. The summed E-state index contributed by atoms with van der Waals surface area (Å²) in [5, 5.41) is 10.9. The molecule has 0 saturated heterocycles. The number of rotatable bonds is 2. The number of anilines is 1. The van der Waals surface area contributed by atoms with Gasteiger partial charge in [-0.25, -0.2) is 0 Å². The van der Waals surface area contributed by atoms with Crippen LogP contribution >= 0.6 is 11.6 Å². The van der Waals surface area contributed by atoms with Crippen LogP contribution in [0.3, 0.4) is 0 Å². The van der Waals surface area contributed by atoms with Crippen LogP contribution in [0.15, 0.2) is 24.3 Å². The fourth-order valence-corrected chi connectivity index (χ4v) is 1.66. The van der Waals surface area contributed by atoms with Crippen LogP contribution in [-0.4, -0.2) is 17.2 Å². The standard InChI is InChI=1S/C11H12ClN3/c1-7-10(14-15-11(7)13-2)8-3-5-9(12)6-4-8/h3-6H,1-2H3,(H2,13,14,15). The summed E-state index contributed by atoms with van der Waals surface area (Å²) in [6.07, 6.45) is 0. The van der Waals surface area contributed by atoms with E-state index in [4.69, 9.17) is 11.6 Å². The van der Waals surface area contributed by atoms with E-state index in [-0.39, 0.29) is 0 Å². The molecule has 2 aromatic rings. The quantitative estimate of drug-likeness (QED) is 0.818. The number of halogens is 1. The Balaban J connectivity index is 2.45. The summed E-state index contributed by atoms with van der Waals surface area (Å²) < 4.78 is 0. The van der Waals surface area contributed by atoms with E-state index >= 15 is 0 Å². The third-order valence-electron chi connectivity index (χ3n) is 2.38. The van der Waals surface area contributed by atoms with Crippen molar-refractivity contribution in [2.75, 3.05) is 12.4 Å². The van der Waals surface area contributed by atoms with E-state index in [1.807, 2.05) is 38.2 Å². The highest BCUT2D eigenvalue weighted by Crippen LogP contribution is 2.26. The first-order chi connectivity index (χ1) is 7.22. The summed E-state index contributed by atoms with van der Waals surface area (Å²) in [6.45, 7) is 2.03. The summed E-state index contributed by atoms with van der Waals surface area (Å²) in [4.78, 5) is 0. The van der Waals surface area contributed by atoms with E-state index < -0.39 is 0 Å². The van der Waals surface area contributed by atoms with E-state index in [0.29, 0.717) is 0 Å². The molecule has 15 heavy (non-hydrogen) atoms. The van der Waals surface area contributed by atoms with E-state index in [2.05, 4.69) is 15.5 Å². The van der Waals surface area contributed by atoms with E-state index in [9.17, 15) is 0 Å². The average Bonchev–Trinajstić information content (AvgIpc) is 2.61. The largest absolute Gasteiger partial charge is 0.371 e. The summed E-state index contributed by atoms with van der Waals surface area (Å²) in [7, 11) is 1.86. The molecule has 4 heteroatoms. The van der Waals surface area contributed by atoms with Crippen molar-refractivity contribution in [2.24, 2.45) is 0 Å². The average molecular weight is 222 g/mol. The van der Waals surface area contributed by atoms with Crippen molar-refractivity contribution in [3.05, 3.63) is 34.9 Å². The second-order valence-corrected chi connectivity index (χ2v) is 3.77. The zero-order valence-corrected chi connectivity index (χ0v) is 9.39. The van der Waals surface area contributed by atoms with Gasteiger partial charge < -0.3 is 5.32 Å². The molecule has 3 nitrogen and oxygen atoms in total. The predicted molar refractivity (Wildman–Crippen MR) is 63.3 cm³/mol. The Hall–Kier alpha value is -1.48. The molecule has 78 valence electrons. The third kappa shape index (κ3) is 1.83. The third-order valence-corrected chi connectivity index (χ3v) is 2.63. The van der Waals surface area contributed by atoms with Crippen LogP contribution in [0.2, 0.25) is 5.02 Å². The van der Waals surface area contributed by atoms with Crippen LogP contribution in [0.1, 0.15) is 5.56 Å². The highest BCUT2D eigenvalue weighted by atomic mass is 35.5. The van der Waals surface area contributed by atoms with Gasteiger partial charge in [0.2, 0.25) is 0 Å². The van der Waals surface area contributed by atoms with Crippen molar-refractivity contribution in [2.45, 2.75) is 6.92 Å². The van der Waals surface area contributed by atoms with Crippen molar-refractivity contribution in [1.82, 2.24) is 10.2 Å². The van der Waals surface area contributed by atoms with Crippen molar-refractivity contribution in [1.29, 1.82) is 0 Å². The fourth-order valence-electron chi connectivity index (χ4n) is 1.54. The fraction of sp³-hybridized carbons (Fsp3) is 0.182. The second-order valence-electron chi connectivity index (χ2n) is 3.33. The normalized spacial score (nSPS) is 10.3. The first-order valence-electron chi connectivity index (χ1n) is 4.71. The molecule has 2 N–H and O–H groups in total. The molecule has 1 aromatic carbocycles. The lowest BCUT2D eigenvalue weighted by Crippen LogP contribution is -1.89. The number of nitrogens with zero attached hydrogens (tertiary/aromatic N) is 1. The highest BCUT2D eigenvalue weighted by Gasteiger charge is 2.08. The van der Waals surface area contributed by atoms with Gasteiger partial charge in [0.1, 0.15) is 0 Å². The molecular formula is C11H12ClN3. The van der Waals surface area contributed by atoms with Crippen LogP contribution in [-0.2, 0) is 0 Å². The number of H-pyrrole nitrogens is 1. The first-order valence-corrected chi connectivity index (χ1v) is 5.09. The van der Waals surface area contributed by atoms with Crippen LogP contribution in [0.5, 0.6) is 0 Å². The highest BCUT2D eigenvalue weighted by molar-refractivity contribution is 6.30.